The summed E-state index contributed by atoms with van der Waals surface area (Å²) >= 11 is 0. The minimum Gasteiger partial charge on any atom is -0.505 e. The fourth-order valence-electron chi connectivity index (χ4n) is 3.67. The summed E-state index contributed by atoms with van der Waals surface area (Å²) in [6.07, 6.45) is 3.11. The lowest BCUT2D eigenvalue weighted by Crippen LogP contribution is -2.54. The van der Waals surface area contributed by atoms with E-state index in [1.807, 2.05) is 13.8 Å². The molecule has 4 nitrogen and oxygen atoms in total. The number of carbonyl (C=O) groups excluding carboxylic acids is 2. The Balaban J connectivity index is 2.62. The summed E-state index contributed by atoms with van der Waals surface area (Å²) < 4.78 is 0. The van der Waals surface area contributed by atoms with Crippen molar-refractivity contribution in [3.63, 3.8) is 0 Å². The molecule has 0 aromatic carbocycles. The third kappa shape index (κ3) is 1.41. The van der Waals surface area contributed by atoms with Crippen LogP contribution in [0.15, 0.2) is 11.8 Å². The molecule has 0 bridgehead atoms. The summed E-state index contributed by atoms with van der Waals surface area (Å²) in [5, 5.41) is 20.5. The minimum absolute atomic E-state index is 0.182. The zero-order chi connectivity index (χ0) is 13.8. The summed E-state index contributed by atoms with van der Waals surface area (Å²) in [5.41, 5.74) is -2.61. The first-order chi connectivity index (χ1) is 8.16. The van der Waals surface area contributed by atoms with Gasteiger partial charge in [0.1, 0.15) is 5.60 Å². The summed E-state index contributed by atoms with van der Waals surface area (Å²) in [5.74, 6) is -0.906. The summed E-state index contributed by atoms with van der Waals surface area (Å²) in [6, 6.07) is 0. The second-order valence-electron chi connectivity index (χ2n) is 6.22. The van der Waals surface area contributed by atoms with E-state index in [0.29, 0.717) is 19.3 Å². The maximum Gasteiger partial charge on any atom is 0.196 e. The van der Waals surface area contributed by atoms with Gasteiger partial charge in [-0.2, -0.15) is 0 Å². The van der Waals surface area contributed by atoms with Crippen LogP contribution in [-0.2, 0) is 9.59 Å². The third-order valence-corrected chi connectivity index (χ3v) is 5.06. The number of Topliss-reactive ketones (excluding diaryl/α,β-unsaturated/α-hetero) is 2. The smallest absolute Gasteiger partial charge is 0.196 e. The largest absolute Gasteiger partial charge is 0.505 e. The lowest BCUT2D eigenvalue weighted by atomic mass is 9.57. The second-order valence-corrected chi connectivity index (χ2v) is 6.22. The first-order valence-corrected chi connectivity index (χ1v) is 6.35. The third-order valence-electron chi connectivity index (χ3n) is 5.06. The number of aliphatic hydroxyl groups is 2. The molecule has 0 aliphatic heterocycles. The molecule has 0 aromatic heterocycles. The van der Waals surface area contributed by atoms with Gasteiger partial charge in [-0.3, -0.25) is 9.59 Å². The number of carbonyl (C=O) groups is 2. The van der Waals surface area contributed by atoms with Crippen molar-refractivity contribution in [2.24, 2.45) is 10.8 Å². The normalized spacial score (nSPS) is 38.9. The van der Waals surface area contributed by atoms with Crippen molar-refractivity contribution in [1.29, 1.82) is 0 Å². The molecule has 1 spiro atoms. The maximum atomic E-state index is 11.9. The SMILES string of the molecule is CC(=O)[C@]1(O)CCC(C)(C)[C@]12C=C(O)C(=O)CC2. The van der Waals surface area contributed by atoms with E-state index in [-0.39, 0.29) is 29.2 Å². The summed E-state index contributed by atoms with van der Waals surface area (Å²) in [7, 11) is 0. The molecular weight excluding hydrogens is 232 g/mol. The van der Waals surface area contributed by atoms with Crippen LogP contribution in [-0.4, -0.2) is 27.4 Å². The Morgan fingerprint density at radius 2 is 1.89 bits per heavy atom. The molecule has 1 fully saturated rings. The van der Waals surface area contributed by atoms with E-state index < -0.39 is 11.0 Å². The Bertz CT molecular complexity index is 449. The molecule has 2 atom stereocenters. The molecular formula is C14H20O4. The Hall–Kier alpha value is -1.16. The van der Waals surface area contributed by atoms with Gasteiger partial charge in [0, 0.05) is 11.8 Å². The molecule has 0 radical (unpaired) electrons. The zero-order valence-corrected chi connectivity index (χ0v) is 11.1. The van der Waals surface area contributed by atoms with Gasteiger partial charge in [0.2, 0.25) is 0 Å². The zero-order valence-electron chi connectivity index (χ0n) is 11.1. The first kappa shape index (κ1) is 13.3. The molecule has 2 aliphatic carbocycles. The van der Waals surface area contributed by atoms with Gasteiger partial charge in [0.15, 0.2) is 17.3 Å². The van der Waals surface area contributed by atoms with Crippen molar-refractivity contribution in [3.8, 4) is 0 Å². The number of ketones is 2. The number of aliphatic hydroxyl groups excluding tert-OH is 1. The molecule has 0 unspecified atom stereocenters. The van der Waals surface area contributed by atoms with E-state index in [4.69, 9.17) is 0 Å². The van der Waals surface area contributed by atoms with Gasteiger partial charge in [-0.05, 0) is 37.7 Å². The molecule has 0 heterocycles. The number of hydrogen-bond acceptors (Lipinski definition) is 4. The average molecular weight is 252 g/mol. The average Bonchev–Trinajstić information content (AvgIpc) is 2.47. The van der Waals surface area contributed by atoms with E-state index in [1.54, 1.807) is 0 Å². The van der Waals surface area contributed by atoms with Crippen LogP contribution in [0.3, 0.4) is 0 Å². The van der Waals surface area contributed by atoms with E-state index in [9.17, 15) is 19.8 Å². The van der Waals surface area contributed by atoms with Crippen LogP contribution in [0.25, 0.3) is 0 Å². The molecule has 1 saturated carbocycles. The predicted octanol–water partition coefficient (Wildman–Crippen LogP) is 1.92. The van der Waals surface area contributed by atoms with Crippen LogP contribution < -0.4 is 0 Å². The highest BCUT2D eigenvalue weighted by atomic mass is 16.3. The topological polar surface area (TPSA) is 74.6 Å². The second kappa shape index (κ2) is 3.67. The van der Waals surface area contributed by atoms with Crippen LogP contribution in [0, 0.1) is 10.8 Å². The number of rotatable bonds is 1. The van der Waals surface area contributed by atoms with Gasteiger partial charge in [-0.1, -0.05) is 13.8 Å². The molecule has 0 aromatic rings. The Morgan fingerprint density at radius 1 is 1.28 bits per heavy atom. The van der Waals surface area contributed by atoms with Gasteiger partial charge < -0.3 is 10.2 Å². The quantitative estimate of drug-likeness (QED) is 0.747. The Kier molecular flexibility index (Phi) is 2.71. The number of allylic oxidation sites excluding steroid dienone is 1. The van der Waals surface area contributed by atoms with Crippen molar-refractivity contribution >= 4 is 11.6 Å². The van der Waals surface area contributed by atoms with E-state index >= 15 is 0 Å². The van der Waals surface area contributed by atoms with E-state index in [0.717, 1.165) is 0 Å². The monoisotopic (exact) mass is 252 g/mol. The van der Waals surface area contributed by atoms with Gasteiger partial charge >= 0.3 is 0 Å². The molecule has 0 amide bonds. The van der Waals surface area contributed by atoms with Crippen LogP contribution >= 0.6 is 0 Å². The highest BCUT2D eigenvalue weighted by molar-refractivity contribution is 5.95. The van der Waals surface area contributed by atoms with Crippen molar-refractivity contribution in [3.05, 3.63) is 11.8 Å². The first-order valence-electron chi connectivity index (χ1n) is 6.35. The van der Waals surface area contributed by atoms with Gasteiger partial charge in [0.05, 0.1) is 0 Å². The summed E-state index contributed by atoms with van der Waals surface area (Å²) in [4.78, 5) is 23.3. The number of hydrogen-bond donors (Lipinski definition) is 2. The standard InChI is InChI=1S/C14H20O4/c1-9(15)14(18)7-6-12(2,3)13(14)5-4-10(16)11(17)8-13/h8,17-18H,4-7H2,1-3H3/t13-,14+/m0/s1. The Labute approximate surface area is 107 Å². The molecule has 2 N–H and O–H groups in total. The van der Waals surface area contributed by atoms with Crippen molar-refractivity contribution in [2.75, 3.05) is 0 Å². The van der Waals surface area contributed by atoms with Crippen LogP contribution in [0.1, 0.15) is 46.5 Å². The van der Waals surface area contributed by atoms with Crippen molar-refractivity contribution < 1.29 is 19.8 Å². The Morgan fingerprint density at radius 3 is 2.39 bits per heavy atom. The van der Waals surface area contributed by atoms with Crippen molar-refractivity contribution in [1.82, 2.24) is 0 Å². The molecule has 4 heteroatoms. The molecule has 18 heavy (non-hydrogen) atoms. The fraction of sp³-hybridized carbons (Fsp3) is 0.714. The van der Waals surface area contributed by atoms with Gasteiger partial charge in [-0.25, -0.2) is 0 Å². The van der Waals surface area contributed by atoms with Crippen LogP contribution in [0.4, 0.5) is 0 Å². The molecule has 2 rings (SSSR count). The summed E-state index contributed by atoms with van der Waals surface area (Å²) in [6.45, 7) is 5.34. The van der Waals surface area contributed by atoms with Gasteiger partial charge in [0.25, 0.3) is 0 Å². The predicted molar refractivity (Wildman–Crippen MR) is 66.0 cm³/mol. The van der Waals surface area contributed by atoms with Gasteiger partial charge in [-0.15, -0.1) is 0 Å². The van der Waals surface area contributed by atoms with Crippen molar-refractivity contribution in [2.45, 2.75) is 52.1 Å². The maximum absolute atomic E-state index is 11.9. The van der Waals surface area contributed by atoms with E-state index in [2.05, 4.69) is 0 Å². The minimum atomic E-state index is -1.47. The molecule has 0 saturated heterocycles. The van der Waals surface area contributed by atoms with E-state index in [1.165, 1.54) is 13.0 Å². The highest BCUT2D eigenvalue weighted by Crippen LogP contribution is 2.63. The highest BCUT2D eigenvalue weighted by Gasteiger charge is 2.65. The lowest BCUT2D eigenvalue weighted by molar-refractivity contribution is -0.151. The fourth-order valence-corrected chi connectivity index (χ4v) is 3.67. The molecule has 100 valence electrons. The molecule has 2 aliphatic rings. The van der Waals surface area contributed by atoms with Crippen LogP contribution in [0.5, 0.6) is 0 Å². The lowest BCUT2D eigenvalue weighted by Gasteiger charge is -2.48. The van der Waals surface area contributed by atoms with Crippen LogP contribution in [0.2, 0.25) is 0 Å².